The number of H-pyrrole nitrogens is 1. The van der Waals surface area contributed by atoms with E-state index < -0.39 is 11.7 Å². The molecule has 0 saturated carbocycles. The van der Waals surface area contributed by atoms with E-state index in [0.29, 0.717) is 0 Å². The lowest BCUT2D eigenvalue weighted by atomic mass is 10.1. The van der Waals surface area contributed by atoms with Gasteiger partial charge in [-0.2, -0.15) is 18.3 Å². The van der Waals surface area contributed by atoms with E-state index in [0.717, 1.165) is 18.5 Å². The van der Waals surface area contributed by atoms with Crippen LogP contribution in [0.1, 0.15) is 5.56 Å². The van der Waals surface area contributed by atoms with Gasteiger partial charge in [0.05, 0.1) is 11.3 Å². The van der Waals surface area contributed by atoms with Gasteiger partial charge in [-0.3, -0.25) is 10.1 Å². The van der Waals surface area contributed by atoms with Crippen LogP contribution in [0, 0.1) is 0 Å². The Morgan fingerprint density at radius 1 is 1.31 bits per heavy atom. The Balaban J connectivity index is 2.57. The lowest BCUT2D eigenvalue weighted by Gasteiger charge is -2.10. The molecule has 2 aromatic rings. The third kappa shape index (κ3) is 1.83. The van der Waals surface area contributed by atoms with E-state index >= 15 is 0 Å². The minimum atomic E-state index is -4.43. The first kappa shape index (κ1) is 10.5. The molecule has 0 amide bonds. The minimum absolute atomic E-state index is 0.0702. The number of pyridine rings is 1. The smallest absolute Gasteiger partial charge is 0.382 e. The number of alkyl halides is 3. The van der Waals surface area contributed by atoms with Crippen LogP contribution in [0.15, 0.2) is 24.5 Å². The molecule has 0 bridgehead atoms. The van der Waals surface area contributed by atoms with Crippen LogP contribution in [0.25, 0.3) is 11.3 Å². The molecule has 0 spiro atoms. The molecule has 0 fully saturated rings. The van der Waals surface area contributed by atoms with Gasteiger partial charge in [0.25, 0.3) is 0 Å². The van der Waals surface area contributed by atoms with Gasteiger partial charge in [0, 0.05) is 24.0 Å². The molecular weight excluding hydrogens is 221 g/mol. The maximum atomic E-state index is 12.6. The number of nitrogens with zero attached hydrogens (tertiary/aromatic N) is 2. The molecular formula is C9H7F3N4. The van der Waals surface area contributed by atoms with E-state index in [4.69, 9.17) is 5.73 Å². The largest absolute Gasteiger partial charge is 0.417 e. The van der Waals surface area contributed by atoms with Crippen LogP contribution in [-0.2, 0) is 6.18 Å². The van der Waals surface area contributed by atoms with Crippen LogP contribution in [0.4, 0.5) is 19.0 Å². The maximum Gasteiger partial charge on any atom is 0.417 e. The molecule has 2 heterocycles. The van der Waals surface area contributed by atoms with Crippen LogP contribution in [0.5, 0.6) is 0 Å². The van der Waals surface area contributed by atoms with E-state index in [1.54, 1.807) is 0 Å². The van der Waals surface area contributed by atoms with Crippen LogP contribution >= 0.6 is 0 Å². The molecule has 16 heavy (non-hydrogen) atoms. The minimum Gasteiger partial charge on any atom is -0.382 e. The Kier molecular flexibility index (Phi) is 2.30. The van der Waals surface area contributed by atoms with Crippen LogP contribution in [0.3, 0.4) is 0 Å². The second-order valence-corrected chi connectivity index (χ2v) is 3.13. The first-order valence-electron chi connectivity index (χ1n) is 4.31. The van der Waals surface area contributed by atoms with E-state index in [9.17, 15) is 13.2 Å². The van der Waals surface area contributed by atoms with Gasteiger partial charge in [0.2, 0.25) is 0 Å². The fourth-order valence-electron chi connectivity index (χ4n) is 1.33. The summed E-state index contributed by atoms with van der Waals surface area (Å²) in [5.41, 5.74) is 4.68. The number of anilines is 1. The number of hydrogen-bond donors (Lipinski definition) is 2. The Bertz CT molecular complexity index is 503. The highest BCUT2D eigenvalue weighted by atomic mass is 19.4. The van der Waals surface area contributed by atoms with Crippen molar-refractivity contribution in [2.24, 2.45) is 0 Å². The van der Waals surface area contributed by atoms with Gasteiger partial charge in [-0.25, -0.2) is 0 Å². The highest BCUT2D eigenvalue weighted by Crippen LogP contribution is 2.35. The van der Waals surface area contributed by atoms with Gasteiger partial charge in [-0.1, -0.05) is 0 Å². The number of nitrogens with two attached hydrogens (primary N) is 1. The average molecular weight is 228 g/mol. The number of hydrogen-bond acceptors (Lipinski definition) is 3. The summed E-state index contributed by atoms with van der Waals surface area (Å²) in [7, 11) is 0. The van der Waals surface area contributed by atoms with Crippen molar-refractivity contribution in [1.29, 1.82) is 0 Å². The van der Waals surface area contributed by atoms with E-state index in [1.165, 1.54) is 6.07 Å². The average Bonchev–Trinajstić information content (AvgIpc) is 2.64. The monoisotopic (exact) mass is 228 g/mol. The fraction of sp³-hybridized carbons (Fsp3) is 0.111. The number of nitrogens with one attached hydrogen (secondary N) is 1. The van der Waals surface area contributed by atoms with Crippen LogP contribution in [-0.4, -0.2) is 15.2 Å². The van der Waals surface area contributed by atoms with Gasteiger partial charge in [-0.15, -0.1) is 0 Å². The summed E-state index contributed by atoms with van der Waals surface area (Å²) in [6.07, 6.45) is -2.22. The van der Waals surface area contributed by atoms with Crippen molar-refractivity contribution in [3.63, 3.8) is 0 Å². The highest BCUT2D eigenvalue weighted by Gasteiger charge is 2.33. The van der Waals surface area contributed by atoms with Crippen LogP contribution < -0.4 is 5.73 Å². The second-order valence-electron chi connectivity index (χ2n) is 3.13. The molecule has 7 heteroatoms. The SMILES string of the molecule is Nc1cc(-c2cnccc2C(F)(F)F)[nH]n1. The summed E-state index contributed by atoms with van der Waals surface area (Å²) in [6, 6.07) is 2.23. The topological polar surface area (TPSA) is 67.6 Å². The second kappa shape index (κ2) is 3.51. The number of rotatable bonds is 1. The van der Waals surface area contributed by atoms with E-state index in [1.807, 2.05) is 0 Å². The molecule has 0 aromatic carbocycles. The number of aromatic amines is 1. The summed E-state index contributed by atoms with van der Waals surface area (Å²) < 4.78 is 37.9. The molecule has 0 aliphatic heterocycles. The Morgan fingerprint density at radius 2 is 2.06 bits per heavy atom. The molecule has 0 atom stereocenters. The van der Waals surface area contributed by atoms with Gasteiger partial charge < -0.3 is 5.73 Å². The quantitative estimate of drug-likeness (QED) is 0.785. The molecule has 0 saturated heterocycles. The fourth-order valence-corrected chi connectivity index (χ4v) is 1.33. The summed E-state index contributed by atoms with van der Waals surface area (Å²) in [5, 5.41) is 5.99. The first-order valence-corrected chi connectivity index (χ1v) is 4.31. The lowest BCUT2D eigenvalue weighted by molar-refractivity contribution is -0.137. The molecule has 3 N–H and O–H groups in total. The zero-order valence-electron chi connectivity index (χ0n) is 7.92. The number of aromatic nitrogens is 3. The van der Waals surface area contributed by atoms with Gasteiger partial charge in [0.1, 0.15) is 5.82 Å². The van der Waals surface area contributed by atoms with Crippen molar-refractivity contribution in [3.05, 3.63) is 30.1 Å². The predicted octanol–water partition coefficient (Wildman–Crippen LogP) is 2.07. The third-order valence-electron chi connectivity index (χ3n) is 2.01. The number of halogens is 3. The molecule has 0 unspecified atom stereocenters. The summed E-state index contributed by atoms with van der Waals surface area (Å²) in [6.45, 7) is 0. The van der Waals surface area contributed by atoms with Crippen molar-refractivity contribution in [2.75, 3.05) is 5.73 Å². The van der Waals surface area contributed by atoms with Crippen LogP contribution in [0.2, 0.25) is 0 Å². The zero-order valence-corrected chi connectivity index (χ0v) is 7.92. The number of nitrogen functional groups attached to an aromatic ring is 1. The summed E-state index contributed by atoms with van der Waals surface area (Å²) >= 11 is 0. The Hall–Kier alpha value is -2.05. The Labute approximate surface area is 88.3 Å². The van der Waals surface area contributed by atoms with Crippen molar-refractivity contribution >= 4 is 5.82 Å². The standard InChI is InChI=1S/C9H7F3N4/c10-9(11,12)6-1-2-14-4-5(6)7-3-8(13)16-15-7/h1-4H,(H3,13,15,16). The molecule has 0 aliphatic carbocycles. The molecule has 4 nitrogen and oxygen atoms in total. The molecule has 84 valence electrons. The van der Waals surface area contributed by atoms with Crippen molar-refractivity contribution in [1.82, 2.24) is 15.2 Å². The molecule has 0 aliphatic rings. The predicted molar refractivity (Wildman–Crippen MR) is 51.2 cm³/mol. The molecule has 2 aromatic heterocycles. The lowest BCUT2D eigenvalue weighted by Crippen LogP contribution is -2.07. The van der Waals surface area contributed by atoms with Crippen molar-refractivity contribution in [3.8, 4) is 11.3 Å². The van der Waals surface area contributed by atoms with E-state index in [-0.39, 0.29) is 17.1 Å². The van der Waals surface area contributed by atoms with Crippen molar-refractivity contribution in [2.45, 2.75) is 6.18 Å². The van der Waals surface area contributed by atoms with Gasteiger partial charge >= 0.3 is 6.18 Å². The Morgan fingerprint density at radius 3 is 2.62 bits per heavy atom. The summed E-state index contributed by atoms with van der Waals surface area (Å²) in [4.78, 5) is 3.66. The van der Waals surface area contributed by atoms with E-state index in [2.05, 4.69) is 15.2 Å². The molecule has 0 radical (unpaired) electrons. The highest BCUT2D eigenvalue weighted by molar-refractivity contribution is 5.65. The maximum absolute atomic E-state index is 12.6. The zero-order chi connectivity index (χ0) is 11.8. The van der Waals surface area contributed by atoms with Crippen molar-refractivity contribution < 1.29 is 13.2 Å². The first-order chi connectivity index (χ1) is 7.48. The van der Waals surface area contributed by atoms with Gasteiger partial charge in [-0.05, 0) is 6.07 Å². The normalized spacial score (nSPS) is 11.7. The van der Waals surface area contributed by atoms with Gasteiger partial charge in [0.15, 0.2) is 0 Å². The summed E-state index contributed by atoms with van der Waals surface area (Å²) in [5.74, 6) is 0.131. The third-order valence-corrected chi connectivity index (χ3v) is 2.01. The molecule has 2 rings (SSSR count).